The molecule has 4 aromatic rings. The number of carbonyl (C=O) groups excluding carboxylic acids is 1. The molecule has 0 bridgehead atoms. The smallest absolute Gasteiger partial charge is 0.0134 e. The molecule has 0 aliphatic heterocycles. The molecule has 7 heteroatoms. The topological polar surface area (TPSA) is 60.1 Å². The van der Waals surface area contributed by atoms with Gasteiger partial charge in [0, 0.05) is 0 Å². The summed E-state index contributed by atoms with van der Waals surface area (Å²) >= 11 is 1.37. The van der Waals surface area contributed by atoms with Gasteiger partial charge in [0.05, 0.1) is 0 Å². The molecule has 0 spiro atoms. The van der Waals surface area contributed by atoms with Gasteiger partial charge in [-0.15, -0.1) is 0 Å². The third kappa shape index (κ3) is 14.2. The van der Waals surface area contributed by atoms with Crippen molar-refractivity contribution in [1.29, 1.82) is 0 Å². The van der Waals surface area contributed by atoms with Crippen LogP contribution >= 0.6 is 7.92 Å². The van der Waals surface area contributed by atoms with Crippen LogP contribution in [0.4, 0.5) is 5.69 Å². The van der Waals surface area contributed by atoms with E-state index in [1.165, 1.54) is 59.5 Å². The molecule has 0 heterocycles. The molecule has 194 valence electrons. The van der Waals surface area contributed by atoms with E-state index < -0.39 is 7.92 Å². The predicted octanol–water partition coefficient (Wildman–Crippen LogP) is 2.10. The molecule has 4 aromatic carbocycles. The summed E-state index contributed by atoms with van der Waals surface area (Å²) in [6, 6.07) is 40.7. The van der Waals surface area contributed by atoms with Crippen molar-refractivity contribution in [1.82, 2.24) is 0 Å². The monoisotopic (exact) mass is 756 g/mol. The third-order valence-electron chi connectivity index (χ3n) is 4.54. The van der Waals surface area contributed by atoms with Gasteiger partial charge < -0.3 is 21.8 Å². The van der Waals surface area contributed by atoms with Crippen molar-refractivity contribution in [3.8, 4) is 4.20 Å². The molecule has 0 aromatic heterocycles. The number of benzene rings is 4. The first-order valence-electron chi connectivity index (χ1n) is 10.9. The van der Waals surface area contributed by atoms with Gasteiger partial charge in [0.2, 0.25) is 0 Å². The van der Waals surface area contributed by atoms with Gasteiger partial charge in [0.25, 0.3) is 0 Å². The molecule has 4 rings (SSSR count). The molecule has 0 fully saturated rings. The minimum absolute atomic E-state index is 0. The van der Waals surface area contributed by atoms with Crippen molar-refractivity contribution in [2.75, 3.05) is 19.0 Å². The maximum Gasteiger partial charge on any atom is -0.0134 e. The Hall–Kier alpha value is -2.79. The van der Waals surface area contributed by atoms with Gasteiger partial charge in [0.15, 0.2) is 0 Å². The summed E-state index contributed by atoms with van der Waals surface area (Å²) in [7, 11) is 3.64. The van der Waals surface area contributed by atoms with Gasteiger partial charge >= 0.3 is 100 Å². The molecule has 0 unspecified atom stereocenters. The van der Waals surface area contributed by atoms with Crippen LogP contribution in [-0.2, 0) is 33.3 Å². The van der Waals surface area contributed by atoms with Crippen molar-refractivity contribution in [3.63, 3.8) is 0 Å². The summed E-state index contributed by atoms with van der Waals surface area (Å²) in [6.07, 6.45) is 1.50. The van der Waals surface area contributed by atoms with Gasteiger partial charge in [-0.3, -0.25) is 6.29 Å². The maximum atomic E-state index is 8.68. The Morgan fingerprint density at radius 3 is 1.21 bits per heavy atom. The Bertz CT molecular complexity index is 1110. The number of nitrogens with zero attached hydrogens (tertiary/aromatic N) is 1. The molecule has 0 saturated carbocycles. The van der Waals surface area contributed by atoms with Crippen LogP contribution in [0.1, 0.15) is 12.5 Å². The minimum Gasteiger partial charge on any atom is -0.0622 e. The van der Waals surface area contributed by atoms with E-state index in [0.717, 1.165) is 0 Å². The second-order valence-electron chi connectivity index (χ2n) is 7.09. The summed E-state index contributed by atoms with van der Waals surface area (Å²) < 4.78 is 18.2. The summed E-state index contributed by atoms with van der Waals surface area (Å²) in [5.74, 6) is 0. The van der Waals surface area contributed by atoms with Crippen LogP contribution in [0.15, 0.2) is 115 Å². The Balaban J connectivity index is 0. The zero-order valence-electron chi connectivity index (χ0n) is 21.4. The number of halogens is 1. The Morgan fingerprint density at radius 2 is 0.974 bits per heavy atom. The van der Waals surface area contributed by atoms with Crippen molar-refractivity contribution in [3.05, 3.63) is 134 Å². The van der Waals surface area contributed by atoms with E-state index in [4.69, 9.17) is 14.1 Å². The van der Waals surface area contributed by atoms with Crippen LogP contribution < -0.4 is 37.8 Å². The van der Waals surface area contributed by atoms with E-state index in [2.05, 4.69) is 138 Å². The van der Waals surface area contributed by atoms with Crippen molar-refractivity contribution in [2.24, 2.45) is 0 Å². The average molecular weight is 757 g/mol. The normalized spacial score (nSPS) is 8.29. The number of hydrogen-bond donors (Lipinski definition) is 0. The summed E-state index contributed by atoms with van der Waals surface area (Å²) in [5, 5.41) is 4.19. The standard InChI is InChI=1S/C18H15P.C9H10N.C2H3O.2CO.BrH.W/c1-4-10-16(11-5-1)19(17-12-6-2-7-13-17)18-14-8-3-9-15-18;1-8-4-6-9(7-5-8)10(2)3;1-2-3;2*1-2;;/h1-15H;4-7H,2-3H3;1H3;;;1H;/q;;-1;;;;+1/p-1. The molecule has 0 aliphatic carbocycles. The van der Waals surface area contributed by atoms with E-state index >= 15 is 0 Å². The molecular weight excluding hydrogens is 729 g/mol. The van der Waals surface area contributed by atoms with E-state index in [1.807, 2.05) is 14.1 Å². The first-order valence-corrected chi connectivity index (χ1v) is 13.7. The molecule has 38 heavy (non-hydrogen) atoms. The zero-order valence-corrected chi connectivity index (χ0v) is 26.8. The van der Waals surface area contributed by atoms with E-state index in [0.29, 0.717) is 0 Å². The maximum absolute atomic E-state index is 8.68. The van der Waals surface area contributed by atoms with Gasteiger partial charge in [-0.1, -0.05) is 91.0 Å². The van der Waals surface area contributed by atoms with E-state index in [9.17, 15) is 0 Å². The molecular formula is C31H28BrNO3PW-. The fourth-order valence-corrected chi connectivity index (χ4v) is 5.80. The quantitative estimate of drug-likeness (QED) is 0.182. The van der Waals surface area contributed by atoms with Crippen LogP contribution in [-0.4, -0.2) is 20.4 Å². The van der Waals surface area contributed by atoms with Crippen LogP contribution in [0.3, 0.4) is 0 Å². The largest absolute Gasteiger partial charge is 0.0622 e. The van der Waals surface area contributed by atoms with Crippen molar-refractivity contribution < 1.29 is 50.2 Å². The number of anilines is 1. The molecule has 0 amide bonds. The summed E-state index contributed by atoms with van der Waals surface area (Å²) in [4.78, 5) is 10.8. The van der Waals surface area contributed by atoms with E-state index in [1.54, 1.807) is 0 Å². The van der Waals surface area contributed by atoms with Crippen LogP contribution in [0.25, 0.3) is 0 Å². The molecule has 0 N–H and O–H groups in total. The van der Waals surface area contributed by atoms with Crippen molar-refractivity contribution >= 4 is 35.8 Å². The summed E-state index contributed by atoms with van der Waals surface area (Å²) in [6.45, 7) is 10.3. The molecule has 4 nitrogen and oxygen atoms in total. The minimum atomic E-state index is -0.446. The summed E-state index contributed by atoms with van der Waals surface area (Å²) in [5.41, 5.74) is 2.42. The molecule has 0 atom stereocenters. The van der Waals surface area contributed by atoms with Crippen LogP contribution in [0, 0.1) is 17.5 Å². The predicted molar refractivity (Wildman–Crippen MR) is 148 cm³/mol. The fraction of sp³-hybridized carbons (Fsp3) is 0.0968. The van der Waals surface area contributed by atoms with Crippen molar-refractivity contribution in [2.45, 2.75) is 6.92 Å². The Morgan fingerprint density at radius 1 is 0.684 bits per heavy atom. The van der Waals surface area contributed by atoms with Gasteiger partial charge in [-0.2, -0.15) is 6.92 Å². The number of rotatable bonds is 4. The van der Waals surface area contributed by atoms with Crippen LogP contribution in [0.2, 0.25) is 0 Å². The Labute approximate surface area is 249 Å². The van der Waals surface area contributed by atoms with Gasteiger partial charge in [-0.05, 0) is 23.8 Å². The SMILES string of the molecule is CN(C)c1ccc([C]#[W+])cc1.C[C-]=O.[Br-].[C-]#[O+].[C-]#[O+].c1ccc(P(c2ccccc2)c2ccccc2)cc1. The zero-order chi connectivity index (χ0) is 27.9. The van der Waals surface area contributed by atoms with Gasteiger partial charge in [0.1, 0.15) is 0 Å². The molecule has 0 radical (unpaired) electrons. The third-order valence-corrected chi connectivity index (χ3v) is 7.84. The number of hydrogen-bond acceptors (Lipinski definition) is 2. The first-order chi connectivity index (χ1) is 18.1. The average Bonchev–Trinajstić information content (AvgIpc) is 2.98. The first kappa shape index (κ1) is 37.4. The second kappa shape index (κ2) is 24.5. The molecule has 0 aliphatic rings. The second-order valence-corrected chi connectivity index (χ2v) is 10.0. The van der Waals surface area contributed by atoms with E-state index in [-0.39, 0.29) is 17.0 Å². The fourth-order valence-electron chi connectivity index (χ4n) is 3.01. The van der Waals surface area contributed by atoms with Crippen LogP contribution in [0.5, 0.6) is 0 Å². The molecule has 0 saturated heterocycles. The Kier molecular flexibility index (Phi) is 24.1. The van der Waals surface area contributed by atoms with Gasteiger partial charge in [-0.25, -0.2) is 0 Å².